The van der Waals surface area contributed by atoms with Crippen molar-refractivity contribution in [1.29, 1.82) is 0 Å². The number of amides is 1. The molecule has 0 atom stereocenters. The summed E-state index contributed by atoms with van der Waals surface area (Å²) < 4.78 is 0. The first-order valence-corrected chi connectivity index (χ1v) is 8.41. The first-order valence-electron chi connectivity index (χ1n) is 7.53. The number of nitrogens with zero attached hydrogens (tertiary/aromatic N) is 1. The Balaban J connectivity index is 1.83. The highest BCUT2D eigenvalue weighted by Crippen LogP contribution is 2.09. The van der Waals surface area contributed by atoms with E-state index in [0.717, 1.165) is 11.1 Å². The fraction of sp³-hybridized carbons (Fsp3) is 0. The molecule has 1 N–H and O–H groups in total. The Morgan fingerprint density at radius 1 is 0.917 bits per heavy atom. The Kier molecular flexibility index (Phi) is 5.32. The van der Waals surface area contributed by atoms with E-state index in [-0.39, 0.29) is 5.91 Å². The summed E-state index contributed by atoms with van der Waals surface area (Å²) in [6.07, 6.45) is 3.88. The molecule has 0 saturated carbocycles. The van der Waals surface area contributed by atoms with Crippen LogP contribution in [0.1, 0.15) is 20.8 Å². The highest BCUT2D eigenvalue weighted by molar-refractivity contribution is 7.12. The number of nitrogens with one attached hydrogen (secondary N) is 1. The quantitative estimate of drug-likeness (QED) is 0.538. The zero-order chi connectivity index (χ0) is 16.6. The summed E-state index contributed by atoms with van der Waals surface area (Å²) in [5.74, 6) is -0.202. The van der Waals surface area contributed by atoms with Crippen LogP contribution in [-0.2, 0) is 0 Å². The zero-order valence-electron chi connectivity index (χ0n) is 12.9. The molecule has 0 aliphatic carbocycles. The molecule has 4 heteroatoms. The van der Waals surface area contributed by atoms with Gasteiger partial charge in [-0.3, -0.25) is 4.79 Å². The molecule has 1 aromatic heterocycles. The van der Waals surface area contributed by atoms with Gasteiger partial charge in [-0.1, -0.05) is 72.8 Å². The summed E-state index contributed by atoms with van der Waals surface area (Å²) in [6.45, 7) is 0. The molecule has 3 rings (SSSR count). The molecule has 0 spiro atoms. The first kappa shape index (κ1) is 15.9. The number of hydrogen-bond acceptors (Lipinski definition) is 3. The van der Waals surface area contributed by atoms with Gasteiger partial charge >= 0.3 is 0 Å². The molecule has 24 heavy (non-hydrogen) atoms. The van der Waals surface area contributed by atoms with Gasteiger partial charge in [-0.15, -0.1) is 11.3 Å². The van der Waals surface area contributed by atoms with E-state index < -0.39 is 0 Å². The Hall–Kier alpha value is -2.98. The van der Waals surface area contributed by atoms with Crippen molar-refractivity contribution in [2.75, 3.05) is 0 Å². The molecule has 2 aromatic carbocycles. The van der Waals surface area contributed by atoms with Crippen molar-refractivity contribution in [1.82, 2.24) is 5.43 Å². The van der Waals surface area contributed by atoms with Crippen molar-refractivity contribution in [3.63, 3.8) is 0 Å². The molecular weight excluding hydrogens is 316 g/mol. The van der Waals surface area contributed by atoms with Crippen LogP contribution in [0.15, 0.2) is 89.4 Å². The lowest BCUT2D eigenvalue weighted by Gasteiger charge is -2.03. The number of thiophene rings is 1. The molecule has 0 radical (unpaired) electrons. The van der Waals surface area contributed by atoms with Crippen LogP contribution in [0.2, 0.25) is 0 Å². The van der Waals surface area contributed by atoms with Gasteiger partial charge in [0.25, 0.3) is 5.91 Å². The Bertz CT molecular complexity index is 838. The molecule has 0 fully saturated rings. The first-order chi connectivity index (χ1) is 11.8. The predicted molar refractivity (Wildman–Crippen MR) is 100 cm³/mol. The van der Waals surface area contributed by atoms with E-state index in [2.05, 4.69) is 10.5 Å². The van der Waals surface area contributed by atoms with Crippen molar-refractivity contribution >= 4 is 29.0 Å². The topological polar surface area (TPSA) is 41.5 Å². The van der Waals surface area contributed by atoms with Gasteiger partial charge in [0.15, 0.2) is 0 Å². The van der Waals surface area contributed by atoms with Crippen LogP contribution in [0.5, 0.6) is 0 Å². The van der Waals surface area contributed by atoms with Gasteiger partial charge in [0, 0.05) is 5.56 Å². The summed E-state index contributed by atoms with van der Waals surface area (Å²) in [6, 6.07) is 23.4. The molecule has 3 nitrogen and oxygen atoms in total. The molecule has 3 aromatic rings. The van der Waals surface area contributed by atoms with Gasteiger partial charge in [-0.05, 0) is 23.1 Å². The number of hydrazone groups is 1. The molecule has 118 valence electrons. The van der Waals surface area contributed by atoms with Crippen molar-refractivity contribution in [3.8, 4) is 0 Å². The van der Waals surface area contributed by atoms with E-state index in [9.17, 15) is 4.79 Å². The van der Waals surface area contributed by atoms with Crippen LogP contribution < -0.4 is 5.43 Å². The van der Waals surface area contributed by atoms with Crippen molar-refractivity contribution in [2.24, 2.45) is 5.10 Å². The molecule has 0 aliphatic rings. The maximum atomic E-state index is 12.1. The number of rotatable bonds is 5. The number of carbonyl (C=O) groups is 1. The van der Waals surface area contributed by atoms with Gasteiger partial charge in [0.05, 0.1) is 10.6 Å². The Labute approximate surface area is 145 Å². The summed E-state index contributed by atoms with van der Waals surface area (Å²) in [5.41, 5.74) is 5.34. The van der Waals surface area contributed by atoms with Crippen LogP contribution in [0.4, 0.5) is 0 Å². The maximum Gasteiger partial charge on any atom is 0.281 e. The van der Waals surface area contributed by atoms with Crippen LogP contribution >= 0.6 is 11.3 Å². The minimum Gasteiger partial charge on any atom is -0.266 e. The number of benzene rings is 2. The standard InChI is InChI=1S/C20H16N2OS/c23-20(19-12-7-15-24-19)22-21-18(17-10-5-2-6-11-17)14-13-16-8-3-1-4-9-16/h1-15H,(H,22,23)/b14-13-,21-18?. The third kappa shape index (κ3) is 4.27. The van der Waals surface area contributed by atoms with Crippen LogP contribution in [0.25, 0.3) is 6.08 Å². The Morgan fingerprint density at radius 2 is 1.62 bits per heavy atom. The van der Waals surface area contributed by atoms with Crippen LogP contribution in [0.3, 0.4) is 0 Å². The van der Waals surface area contributed by atoms with Crippen LogP contribution in [0, 0.1) is 0 Å². The molecular formula is C20H16N2OS. The van der Waals surface area contributed by atoms with E-state index >= 15 is 0 Å². The van der Waals surface area contributed by atoms with E-state index in [0.29, 0.717) is 10.6 Å². The smallest absolute Gasteiger partial charge is 0.266 e. The predicted octanol–water partition coefficient (Wildman–Crippen LogP) is 4.60. The van der Waals surface area contributed by atoms with Crippen molar-refractivity contribution in [3.05, 3.63) is 100 Å². The summed E-state index contributed by atoms with van der Waals surface area (Å²) >= 11 is 1.39. The molecule has 0 unspecified atom stereocenters. The molecule has 0 aliphatic heterocycles. The van der Waals surface area contributed by atoms with Gasteiger partial charge in [-0.25, -0.2) is 5.43 Å². The second-order valence-electron chi connectivity index (χ2n) is 5.03. The molecule has 1 amide bonds. The number of carbonyl (C=O) groups excluding carboxylic acids is 1. The highest BCUT2D eigenvalue weighted by atomic mass is 32.1. The van der Waals surface area contributed by atoms with Crippen LogP contribution in [-0.4, -0.2) is 11.6 Å². The molecule has 0 saturated heterocycles. The minimum absolute atomic E-state index is 0.202. The van der Waals surface area contributed by atoms with Gasteiger partial charge in [0.2, 0.25) is 0 Å². The SMILES string of the molecule is O=C(NN=C(/C=C\c1ccccc1)c1ccccc1)c1cccs1. The molecule has 1 heterocycles. The zero-order valence-corrected chi connectivity index (χ0v) is 13.7. The van der Waals surface area contributed by atoms with Gasteiger partial charge < -0.3 is 0 Å². The van der Waals surface area contributed by atoms with E-state index in [1.165, 1.54) is 11.3 Å². The minimum atomic E-state index is -0.202. The van der Waals surface area contributed by atoms with E-state index in [1.807, 2.05) is 84.3 Å². The summed E-state index contributed by atoms with van der Waals surface area (Å²) in [7, 11) is 0. The van der Waals surface area contributed by atoms with E-state index in [1.54, 1.807) is 6.07 Å². The largest absolute Gasteiger partial charge is 0.281 e. The Morgan fingerprint density at radius 3 is 2.29 bits per heavy atom. The monoisotopic (exact) mass is 332 g/mol. The highest BCUT2D eigenvalue weighted by Gasteiger charge is 2.06. The molecule has 0 bridgehead atoms. The lowest BCUT2D eigenvalue weighted by molar-refractivity contribution is 0.0959. The fourth-order valence-electron chi connectivity index (χ4n) is 2.12. The fourth-order valence-corrected chi connectivity index (χ4v) is 2.73. The lowest BCUT2D eigenvalue weighted by atomic mass is 10.1. The second-order valence-corrected chi connectivity index (χ2v) is 5.97. The number of allylic oxidation sites excluding steroid dienone is 1. The summed E-state index contributed by atoms with van der Waals surface area (Å²) in [4.78, 5) is 12.7. The normalized spacial score (nSPS) is 11.6. The second kappa shape index (κ2) is 8.04. The third-order valence-electron chi connectivity index (χ3n) is 3.33. The van der Waals surface area contributed by atoms with E-state index in [4.69, 9.17) is 0 Å². The average molecular weight is 332 g/mol. The van der Waals surface area contributed by atoms with Gasteiger partial charge in [-0.2, -0.15) is 5.10 Å². The van der Waals surface area contributed by atoms with Crippen molar-refractivity contribution in [2.45, 2.75) is 0 Å². The summed E-state index contributed by atoms with van der Waals surface area (Å²) in [5, 5.41) is 6.17. The maximum absolute atomic E-state index is 12.1. The number of hydrogen-bond donors (Lipinski definition) is 1. The average Bonchev–Trinajstić information content (AvgIpc) is 3.18. The van der Waals surface area contributed by atoms with Gasteiger partial charge in [0.1, 0.15) is 0 Å². The van der Waals surface area contributed by atoms with Crippen molar-refractivity contribution < 1.29 is 4.79 Å². The third-order valence-corrected chi connectivity index (χ3v) is 4.19. The lowest BCUT2D eigenvalue weighted by Crippen LogP contribution is -2.18.